The smallest absolute Gasteiger partial charge is 0.178 e. The third-order valence-electron chi connectivity index (χ3n) is 2.47. The fourth-order valence-corrected chi connectivity index (χ4v) is 2.96. The molecule has 0 aliphatic rings. The Bertz CT molecular complexity index is 446. The van der Waals surface area contributed by atoms with E-state index in [1.165, 1.54) is 0 Å². The highest BCUT2D eigenvalue weighted by Gasteiger charge is 2.13. The van der Waals surface area contributed by atoms with Crippen molar-refractivity contribution in [2.24, 2.45) is 0 Å². The van der Waals surface area contributed by atoms with Gasteiger partial charge in [0.25, 0.3) is 0 Å². The third-order valence-corrected chi connectivity index (χ3v) is 4.28. The minimum absolute atomic E-state index is 0.0875. The summed E-state index contributed by atoms with van der Waals surface area (Å²) in [6.07, 6.45) is 2.37. The minimum atomic E-state index is -3.16. The zero-order valence-corrected chi connectivity index (χ0v) is 11.9. The Morgan fingerprint density at radius 2 is 1.78 bits per heavy atom. The van der Waals surface area contributed by atoms with Crippen molar-refractivity contribution < 1.29 is 13.2 Å². The first-order valence-corrected chi connectivity index (χ1v) is 7.89. The number of sulfone groups is 1. The molecule has 0 fully saturated rings. The SMILES string of the molecule is [CH2]CCCCS(=O)(=O)c1ccc(OC(C)C)cc1. The van der Waals surface area contributed by atoms with E-state index in [-0.39, 0.29) is 11.9 Å². The van der Waals surface area contributed by atoms with E-state index < -0.39 is 9.84 Å². The van der Waals surface area contributed by atoms with Gasteiger partial charge in [-0.3, -0.25) is 0 Å². The van der Waals surface area contributed by atoms with Crippen LogP contribution in [0.4, 0.5) is 0 Å². The van der Waals surface area contributed by atoms with Crippen LogP contribution < -0.4 is 4.74 Å². The summed E-state index contributed by atoms with van der Waals surface area (Å²) >= 11 is 0. The normalized spacial score (nSPS) is 11.8. The number of benzene rings is 1. The zero-order chi connectivity index (χ0) is 13.6. The molecule has 1 aromatic carbocycles. The summed E-state index contributed by atoms with van der Waals surface area (Å²) in [7, 11) is -3.16. The van der Waals surface area contributed by atoms with Crippen LogP contribution in [0.25, 0.3) is 0 Å². The number of unbranched alkanes of at least 4 members (excludes halogenated alkanes) is 2. The van der Waals surface area contributed by atoms with Gasteiger partial charge in [-0.05, 0) is 44.5 Å². The lowest BCUT2D eigenvalue weighted by Crippen LogP contribution is -2.08. The lowest BCUT2D eigenvalue weighted by atomic mass is 10.3. The highest BCUT2D eigenvalue weighted by atomic mass is 32.2. The lowest BCUT2D eigenvalue weighted by Gasteiger charge is -2.10. The van der Waals surface area contributed by atoms with Crippen molar-refractivity contribution in [3.63, 3.8) is 0 Å². The standard InChI is InChI=1S/C14H21O3S/c1-4-5-6-11-18(15,16)14-9-7-13(8-10-14)17-12(2)3/h7-10,12H,1,4-6,11H2,2-3H3. The van der Waals surface area contributed by atoms with Gasteiger partial charge in [0.1, 0.15) is 5.75 Å². The van der Waals surface area contributed by atoms with E-state index in [0.29, 0.717) is 17.1 Å². The van der Waals surface area contributed by atoms with Crippen LogP contribution in [-0.2, 0) is 9.84 Å². The first-order chi connectivity index (χ1) is 8.45. The predicted molar refractivity (Wildman–Crippen MR) is 73.5 cm³/mol. The van der Waals surface area contributed by atoms with Gasteiger partial charge in [-0.2, -0.15) is 0 Å². The van der Waals surface area contributed by atoms with Gasteiger partial charge in [-0.1, -0.05) is 19.8 Å². The maximum absolute atomic E-state index is 12.0. The highest BCUT2D eigenvalue weighted by molar-refractivity contribution is 7.91. The molecule has 0 unspecified atom stereocenters. The van der Waals surface area contributed by atoms with Gasteiger partial charge >= 0.3 is 0 Å². The lowest BCUT2D eigenvalue weighted by molar-refractivity contribution is 0.242. The molecule has 0 spiro atoms. The van der Waals surface area contributed by atoms with Gasteiger partial charge < -0.3 is 4.74 Å². The van der Waals surface area contributed by atoms with E-state index in [0.717, 1.165) is 12.8 Å². The fourth-order valence-electron chi connectivity index (χ4n) is 1.58. The van der Waals surface area contributed by atoms with Gasteiger partial charge in [-0.15, -0.1) is 0 Å². The summed E-state index contributed by atoms with van der Waals surface area (Å²) < 4.78 is 29.4. The number of rotatable bonds is 7. The summed E-state index contributed by atoms with van der Waals surface area (Å²) in [5.41, 5.74) is 0. The third kappa shape index (κ3) is 4.69. The summed E-state index contributed by atoms with van der Waals surface area (Å²) in [6, 6.07) is 6.62. The van der Waals surface area contributed by atoms with Gasteiger partial charge in [0, 0.05) is 0 Å². The Balaban J connectivity index is 2.71. The Hall–Kier alpha value is -1.03. The summed E-state index contributed by atoms with van der Waals surface area (Å²) in [5, 5.41) is 0. The summed E-state index contributed by atoms with van der Waals surface area (Å²) in [6.45, 7) is 7.57. The first kappa shape index (κ1) is 15.0. The van der Waals surface area contributed by atoms with Crippen LogP contribution in [0.3, 0.4) is 0 Å². The van der Waals surface area contributed by atoms with Crippen molar-refractivity contribution in [3.05, 3.63) is 31.2 Å². The molecule has 0 bridgehead atoms. The van der Waals surface area contributed by atoms with Crippen molar-refractivity contribution in [3.8, 4) is 5.75 Å². The van der Waals surface area contributed by atoms with Crippen molar-refractivity contribution in [1.29, 1.82) is 0 Å². The maximum atomic E-state index is 12.0. The van der Waals surface area contributed by atoms with Crippen LogP contribution in [0.15, 0.2) is 29.2 Å². The molecule has 0 saturated carbocycles. The molecule has 0 N–H and O–H groups in total. The second kappa shape index (κ2) is 6.78. The molecule has 101 valence electrons. The molecule has 0 saturated heterocycles. The molecule has 0 amide bonds. The quantitative estimate of drug-likeness (QED) is 0.714. The average molecular weight is 269 g/mol. The molecular weight excluding hydrogens is 248 g/mol. The van der Waals surface area contributed by atoms with Crippen LogP contribution in [0.2, 0.25) is 0 Å². The molecule has 0 heterocycles. The predicted octanol–water partition coefficient (Wildman–Crippen LogP) is 3.25. The summed E-state index contributed by atoms with van der Waals surface area (Å²) in [4.78, 5) is 0.364. The molecule has 0 aliphatic carbocycles. The van der Waals surface area contributed by atoms with Crippen molar-refractivity contribution >= 4 is 9.84 Å². The van der Waals surface area contributed by atoms with Crippen LogP contribution in [0, 0.1) is 6.92 Å². The molecular formula is C14H21O3S. The van der Waals surface area contributed by atoms with E-state index in [2.05, 4.69) is 6.92 Å². The van der Waals surface area contributed by atoms with E-state index in [1.807, 2.05) is 13.8 Å². The number of hydrogen-bond donors (Lipinski definition) is 0. The van der Waals surface area contributed by atoms with Crippen molar-refractivity contribution in [2.75, 3.05) is 5.75 Å². The Labute approximate surface area is 110 Å². The van der Waals surface area contributed by atoms with E-state index >= 15 is 0 Å². The Morgan fingerprint density at radius 1 is 1.17 bits per heavy atom. The van der Waals surface area contributed by atoms with Gasteiger partial charge in [0.05, 0.1) is 16.8 Å². The van der Waals surface area contributed by atoms with E-state index in [9.17, 15) is 8.42 Å². The highest BCUT2D eigenvalue weighted by Crippen LogP contribution is 2.19. The van der Waals surface area contributed by atoms with Crippen LogP contribution in [0.5, 0.6) is 5.75 Å². The van der Waals surface area contributed by atoms with E-state index in [4.69, 9.17) is 4.74 Å². The van der Waals surface area contributed by atoms with Gasteiger partial charge in [0.15, 0.2) is 9.84 Å². The van der Waals surface area contributed by atoms with E-state index in [1.54, 1.807) is 24.3 Å². The average Bonchev–Trinajstić information content (AvgIpc) is 2.29. The largest absolute Gasteiger partial charge is 0.491 e. The van der Waals surface area contributed by atoms with Gasteiger partial charge in [-0.25, -0.2) is 8.42 Å². The fraction of sp³-hybridized carbons (Fsp3) is 0.500. The second-order valence-corrected chi connectivity index (χ2v) is 6.63. The number of hydrogen-bond acceptors (Lipinski definition) is 3. The molecule has 1 rings (SSSR count). The van der Waals surface area contributed by atoms with Crippen LogP contribution in [0.1, 0.15) is 33.1 Å². The van der Waals surface area contributed by atoms with Crippen molar-refractivity contribution in [2.45, 2.75) is 44.1 Å². The molecule has 0 aromatic heterocycles. The molecule has 0 atom stereocenters. The minimum Gasteiger partial charge on any atom is -0.491 e. The summed E-state index contributed by atoms with van der Waals surface area (Å²) in [5.74, 6) is 0.883. The first-order valence-electron chi connectivity index (χ1n) is 6.24. The molecule has 3 nitrogen and oxygen atoms in total. The second-order valence-electron chi connectivity index (χ2n) is 4.52. The number of ether oxygens (including phenoxy) is 1. The Morgan fingerprint density at radius 3 is 2.28 bits per heavy atom. The van der Waals surface area contributed by atoms with Crippen LogP contribution >= 0.6 is 0 Å². The molecule has 18 heavy (non-hydrogen) atoms. The molecule has 0 aliphatic heterocycles. The topological polar surface area (TPSA) is 43.4 Å². The van der Waals surface area contributed by atoms with Gasteiger partial charge in [0.2, 0.25) is 0 Å². The maximum Gasteiger partial charge on any atom is 0.178 e. The molecule has 1 aromatic rings. The van der Waals surface area contributed by atoms with Crippen molar-refractivity contribution in [1.82, 2.24) is 0 Å². The zero-order valence-electron chi connectivity index (χ0n) is 11.1. The van der Waals surface area contributed by atoms with Crippen LogP contribution in [-0.4, -0.2) is 20.3 Å². The monoisotopic (exact) mass is 269 g/mol. The molecule has 4 heteroatoms. The molecule has 1 radical (unpaired) electrons. The Kier molecular flexibility index (Phi) is 5.66.